The number of anilines is 2. The molecule has 0 fully saturated rings. The van der Waals surface area contributed by atoms with E-state index >= 15 is 0 Å². The highest BCUT2D eigenvalue weighted by molar-refractivity contribution is 6.12. The van der Waals surface area contributed by atoms with Gasteiger partial charge in [-0.1, -0.05) is 36.4 Å². The number of aryl methyl sites for hydroxylation is 1. The molecule has 0 spiro atoms. The van der Waals surface area contributed by atoms with Gasteiger partial charge < -0.3 is 19.7 Å². The zero-order chi connectivity index (χ0) is 23.1. The Kier molecular flexibility index (Phi) is 7.23. The maximum Gasteiger partial charge on any atom is 0.339 e. The van der Waals surface area contributed by atoms with Gasteiger partial charge in [0, 0.05) is 12.7 Å². The Morgan fingerprint density at radius 1 is 0.906 bits per heavy atom. The molecule has 0 unspecified atom stereocenters. The minimum atomic E-state index is -0.762. The predicted molar refractivity (Wildman–Crippen MR) is 122 cm³/mol. The van der Waals surface area contributed by atoms with E-state index in [1.54, 1.807) is 49.5 Å². The van der Waals surface area contributed by atoms with E-state index in [0.717, 1.165) is 5.56 Å². The van der Waals surface area contributed by atoms with Gasteiger partial charge in [0.05, 0.1) is 23.9 Å². The number of rotatable bonds is 7. The van der Waals surface area contributed by atoms with Gasteiger partial charge in [0.2, 0.25) is 0 Å². The van der Waals surface area contributed by atoms with Gasteiger partial charge in [-0.05, 0) is 48.9 Å². The summed E-state index contributed by atoms with van der Waals surface area (Å²) in [6, 6.07) is 20.8. The monoisotopic (exact) mass is 432 g/mol. The molecule has 0 atom stereocenters. The van der Waals surface area contributed by atoms with Crippen LogP contribution < -0.4 is 15.0 Å². The first-order valence-corrected chi connectivity index (χ1v) is 9.94. The van der Waals surface area contributed by atoms with E-state index in [1.807, 2.05) is 31.2 Å². The molecule has 7 heteroatoms. The lowest BCUT2D eigenvalue weighted by atomic mass is 10.1. The molecule has 1 N–H and O–H groups in total. The Labute approximate surface area is 186 Å². The van der Waals surface area contributed by atoms with Crippen LogP contribution in [0.25, 0.3) is 0 Å². The number of para-hydroxylation sites is 1. The number of ether oxygens (including phenoxy) is 2. The third kappa shape index (κ3) is 5.31. The fourth-order valence-electron chi connectivity index (χ4n) is 3.11. The average Bonchev–Trinajstić information content (AvgIpc) is 2.82. The van der Waals surface area contributed by atoms with Gasteiger partial charge in [-0.3, -0.25) is 9.59 Å². The molecule has 0 radical (unpaired) electrons. The predicted octanol–water partition coefficient (Wildman–Crippen LogP) is 4.08. The molecule has 0 aliphatic heterocycles. The average molecular weight is 432 g/mol. The van der Waals surface area contributed by atoms with E-state index in [-0.39, 0.29) is 17.0 Å². The van der Waals surface area contributed by atoms with Gasteiger partial charge in [0.15, 0.2) is 6.61 Å². The Balaban J connectivity index is 1.69. The van der Waals surface area contributed by atoms with Crippen LogP contribution in [-0.2, 0) is 9.53 Å². The number of carbonyl (C=O) groups excluding carboxylic acids is 3. The van der Waals surface area contributed by atoms with E-state index in [1.165, 1.54) is 18.1 Å². The lowest BCUT2D eigenvalue weighted by Gasteiger charge is -2.18. The molecule has 2 amide bonds. The topological polar surface area (TPSA) is 84.9 Å². The van der Waals surface area contributed by atoms with Crippen molar-refractivity contribution in [3.8, 4) is 5.75 Å². The van der Waals surface area contributed by atoms with Crippen molar-refractivity contribution in [1.29, 1.82) is 0 Å². The molecular weight excluding hydrogens is 408 g/mol. The highest BCUT2D eigenvalue weighted by atomic mass is 16.5. The van der Waals surface area contributed by atoms with Crippen LogP contribution in [0.2, 0.25) is 0 Å². The summed E-state index contributed by atoms with van der Waals surface area (Å²) in [5.74, 6) is -1.15. The second-order valence-corrected chi connectivity index (χ2v) is 7.07. The summed E-state index contributed by atoms with van der Waals surface area (Å²) in [6.45, 7) is 1.38. The van der Waals surface area contributed by atoms with Gasteiger partial charge in [0.1, 0.15) is 5.75 Å². The van der Waals surface area contributed by atoms with E-state index in [4.69, 9.17) is 9.47 Å². The number of esters is 1. The Morgan fingerprint density at radius 3 is 2.25 bits per heavy atom. The molecule has 7 nitrogen and oxygen atoms in total. The fourth-order valence-corrected chi connectivity index (χ4v) is 3.11. The molecule has 0 bridgehead atoms. The van der Waals surface area contributed by atoms with Crippen LogP contribution in [0.3, 0.4) is 0 Å². The molecule has 3 aromatic rings. The van der Waals surface area contributed by atoms with Crippen LogP contribution in [0.15, 0.2) is 72.8 Å². The van der Waals surface area contributed by atoms with Crippen molar-refractivity contribution in [3.63, 3.8) is 0 Å². The van der Waals surface area contributed by atoms with Gasteiger partial charge >= 0.3 is 5.97 Å². The Hall–Kier alpha value is -4.13. The summed E-state index contributed by atoms with van der Waals surface area (Å²) in [5.41, 5.74) is 2.37. The number of carbonyl (C=O) groups is 3. The van der Waals surface area contributed by atoms with Gasteiger partial charge in [-0.25, -0.2) is 4.79 Å². The molecule has 0 aliphatic rings. The van der Waals surface area contributed by atoms with Crippen molar-refractivity contribution < 1.29 is 23.9 Å². The first-order chi connectivity index (χ1) is 15.4. The lowest BCUT2D eigenvalue weighted by Crippen LogP contribution is -2.28. The quantitative estimate of drug-likeness (QED) is 0.569. The molecule has 3 rings (SSSR count). The van der Waals surface area contributed by atoms with Crippen LogP contribution in [0.4, 0.5) is 11.4 Å². The molecule has 32 heavy (non-hydrogen) atoms. The zero-order valence-corrected chi connectivity index (χ0v) is 18.1. The molecule has 0 aliphatic carbocycles. The molecular formula is C25H24N2O5. The second-order valence-electron chi connectivity index (χ2n) is 7.07. The minimum absolute atomic E-state index is 0.0845. The summed E-state index contributed by atoms with van der Waals surface area (Å²) in [6.07, 6.45) is 0. The van der Waals surface area contributed by atoms with Crippen LogP contribution in [0, 0.1) is 6.92 Å². The minimum Gasteiger partial charge on any atom is -0.495 e. The maximum atomic E-state index is 13.0. The summed E-state index contributed by atoms with van der Waals surface area (Å²) < 4.78 is 10.4. The maximum absolute atomic E-state index is 13.0. The Bertz CT molecular complexity index is 1130. The number of amides is 2. The first kappa shape index (κ1) is 22.6. The summed E-state index contributed by atoms with van der Waals surface area (Å²) in [4.78, 5) is 39.4. The number of nitrogens with zero attached hydrogens (tertiary/aromatic N) is 1. The molecule has 0 saturated heterocycles. The van der Waals surface area contributed by atoms with E-state index < -0.39 is 18.5 Å². The van der Waals surface area contributed by atoms with E-state index in [9.17, 15) is 14.4 Å². The first-order valence-electron chi connectivity index (χ1n) is 9.94. The van der Waals surface area contributed by atoms with Crippen molar-refractivity contribution >= 4 is 29.2 Å². The van der Waals surface area contributed by atoms with E-state index in [0.29, 0.717) is 17.1 Å². The smallest absolute Gasteiger partial charge is 0.339 e. The van der Waals surface area contributed by atoms with Crippen LogP contribution in [0.5, 0.6) is 5.75 Å². The molecule has 0 heterocycles. The van der Waals surface area contributed by atoms with Gasteiger partial charge in [0.25, 0.3) is 11.8 Å². The number of hydrogen-bond donors (Lipinski definition) is 1. The van der Waals surface area contributed by atoms with Crippen molar-refractivity contribution in [2.45, 2.75) is 6.92 Å². The van der Waals surface area contributed by atoms with Crippen molar-refractivity contribution in [2.75, 3.05) is 31.0 Å². The molecule has 0 aromatic heterocycles. The van der Waals surface area contributed by atoms with Crippen molar-refractivity contribution in [3.05, 3.63) is 89.5 Å². The Morgan fingerprint density at radius 2 is 1.56 bits per heavy atom. The standard InChI is InChI=1S/C25H24N2O5/c1-17-13-14-22(31-3)21(15-17)26-23(28)16-32-25(30)20-12-8-7-11-19(20)24(29)27(2)18-9-5-4-6-10-18/h4-15H,16H2,1-3H3,(H,26,28). The third-order valence-corrected chi connectivity index (χ3v) is 4.79. The van der Waals surface area contributed by atoms with Gasteiger partial charge in [-0.2, -0.15) is 0 Å². The van der Waals surface area contributed by atoms with E-state index in [2.05, 4.69) is 5.32 Å². The highest BCUT2D eigenvalue weighted by Gasteiger charge is 2.22. The van der Waals surface area contributed by atoms with Crippen molar-refractivity contribution in [1.82, 2.24) is 0 Å². The number of benzene rings is 3. The third-order valence-electron chi connectivity index (χ3n) is 4.79. The van der Waals surface area contributed by atoms with Crippen molar-refractivity contribution in [2.24, 2.45) is 0 Å². The van der Waals surface area contributed by atoms with Crippen LogP contribution in [0.1, 0.15) is 26.3 Å². The highest BCUT2D eigenvalue weighted by Crippen LogP contribution is 2.25. The lowest BCUT2D eigenvalue weighted by molar-refractivity contribution is -0.119. The molecule has 3 aromatic carbocycles. The van der Waals surface area contributed by atoms with Crippen LogP contribution >= 0.6 is 0 Å². The molecule has 0 saturated carbocycles. The number of hydrogen-bond acceptors (Lipinski definition) is 5. The molecule has 164 valence electrons. The number of nitrogens with one attached hydrogen (secondary N) is 1. The van der Waals surface area contributed by atoms with Gasteiger partial charge in [-0.15, -0.1) is 0 Å². The fraction of sp³-hybridized carbons (Fsp3) is 0.160. The summed E-state index contributed by atoms with van der Waals surface area (Å²) >= 11 is 0. The SMILES string of the molecule is COc1ccc(C)cc1NC(=O)COC(=O)c1ccccc1C(=O)N(C)c1ccccc1. The zero-order valence-electron chi connectivity index (χ0n) is 18.1. The second kappa shape index (κ2) is 10.3. The summed E-state index contributed by atoms with van der Waals surface area (Å²) in [5, 5.41) is 2.67. The largest absolute Gasteiger partial charge is 0.495 e. The normalized spacial score (nSPS) is 10.2. The summed E-state index contributed by atoms with van der Waals surface area (Å²) in [7, 11) is 3.13. The number of methoxy groups -OCH3 is 1. The van der Waals surface area contributed by atoms with Crippen LogP contribution in [-0.4, -0.2) is 38.5 Å².